The number of aryl methyl sites for hydroxylation is 1. The molecule has 29 heavy (non-hydrogen) atoms. The molecule has 1 amide bonds. The van der Waals surface area contributed by atoms with E-state index in [2.05, 4.69) is 48.0 Å². The van der Waals surface area contributed by atoms with E-state index < -0.39 is 0 Å². The van der Waals surface area contributed by atoms with Crippen LogP contribution in [-0.2, 0) is 9.53 Å². The number of esters is 1. The van der Waals surface area contributed by atoms with Crippen LogP contribution >= 0.6 is 11.3 Å². The summed E-state index contributed by atoms with van der Waals surface area (Å²) in [5.41, 5.74) is 3.50. The summed E-state index contributed by atoms with van der Waals surface area (Å²) in [4.78, 5) is 25.4. The number of anilines is 1. The second-order valence-corrected chi connectivity index (χ2v) is 7.67. The minimum Gasteiger partial charge on any atom is -0.462 e. The molecular formula is C23H25N2O3S+. The van der Waals surface area contributed by atoms with Crippen LogP contribution in [0.15, 0.2) is 66.0 Å². The van der Waals surface area contributed by atoms with Crippen LogP contribution in [0.2, 0.25) is 0 Å². The smallest absolute Gasteiger partial charge is 0.338 e. The largest absolute Gasteiger partial charge is 0.462 e. The summed E-state index contributed by atoms with van der Waals surface area (Å²) in [6.07, 6.45) is 0. The van der Waals surface area contributed by atoms with Crippen molar-refractivity contribution in [3.05, 3.63) is 87.6 Å². The maximum atomic E-state index is 12.5. The third-order valence-corrected chi connectivity index (χ3v) is 5.46. The predicted molar refractivity (Wildman–Crippen MR) is 115 cm³/mol. The molecule has 0 fully saturated rings. The molecule has 0 aliphatic heterocycles. The first-order chi connectivity index (χ1) is 14.1. The summed E-state index contributed by atoms with van der Waals surface area (Å²) in [7, 11) is 0. The monoisotopic (exact) mass is 409 g/mol. The number of hydrogen-bond acceptors (Lipinski definition) is 4. The second kappa shape index (κ2) is 10.0. The van der Waals surface area contributed by atoms with Crippen molar-refractivity contribution in [1.82, 2.24) is 0 Å². The van der Waals surface area contributed by atoms with Gasteiger partial charge in [0.15, 0.2) is 6.54 Å². The molecule has 3 rings (SSSR count). The maximum Gasteiger partial charge on any atom is 0.338 e. The Bertz CT molecular complexity index is 935. The molecule has 0 unspecified atom stereocenters. The highest BCUT2D eigenvalue weighted by Crippen LogP contribution is 2.23. The van der Waals surface area contributed by atoms with Crippen LogP contribution in [0.4, 0.5) is 5.69 Å². The summed E-state index contributed by atoms with van der Waals surface area (Å²) < 4.78 is 4.97. The van der Waals surface area contributed by atoms with E-state index in [1.807, 2.05) is 11.4 Å². The number of ether oxygens (including phenoxy) is 1. The lowest BCUT2D eigenvalue weighted by Gasteiger charge is -2.15. The zero-order chi connectivity index (χ0) is 20.6. The van der Waals surface area contributed by atoms with E-state index in [4.69, 9.17) is 4.74 Å². The molecule has 0 aliphatic rings. The number of benzene rings is 2. The van der Waals surface area contributed by atoms with Gasteiger partial charge in [-0.05, 0) is 49.6 Å². The predicted octanol–water partition coefficient (Wildman–Crippen LogP) is 3.52. The lowest BCUT2D eigenvalue weighted by atomic mass is 10.0. The van der Waals surface area contributed by atoms with Crippen molar-refractivity contribution in [2.45, 2.75) is 19.9 Å². The number of nitrogens with two attached hydrogens (primary N) is 1. The molecule has 0 bridgehead atoms. The average molecular weight is 410 g/mol. The third kappa shape index (κ3) is 5.76. The van der Waals surface area contributed by atoms with E-state index in [0.717, 1.165) is 0 Å². The van der Waals surface area contributed by atoms with Crippen LogP contribution in [0.25, 0.3) is 0 Å². The molecule has 1 heterocycles. The highest BCUT2D eigenvalue weighted by molar-refractivity contribution is 7.10. The first kappa shape index (κ1) is 20.8. The Labute approximate surface area is 174 Å². The van der Waals surface area contributed by atoms with Gasteiger partial charge in [-0.3, -0.25) is 4.79 Å². The number of thiophene rings is 1. The van der Waals surface area contributed by atoms with Crippen molar-refractivity contribution in [3.8, 4) is 0 Å². The molecule has 1 atom stereocenters. The van der Waals surface area contributed by atoms with Gasteiger partial charge in [-0.1, -0.05) is 35.9 Å². The molecule has 0 saturated heterocycles. The minimum absolute atomic E-state index is 0.0764. The Morgan fingerprint density at radius 1 is 1.07 bits per heavy atom. The van der Waals surface area contributed by atoms with Gasteiger partial charge in [0, 0.05) is 11.3 Å². The number of carbonyl (C=O) groups is 2. The lowest BCUT2D eigenvalue weighted by Crippen LogP contribution is -2.87. The van der Waals surface area contributed by atoms with Gasteiger partial charge in [0.2, 0.25) is 0 Å². The summed E-state index contributed by atoms with van der Waals surface area (Å²) in [6, 6.07) is 19.3. The number of nitrogens with one attached hydrogen (secondary N) is 1. The molecule has 150 valence electrons. The molecule has 1 aromatic heterocycles. The van der Waals surface area contributed by atoms with Crippen LogP contribution in [0.5, 0.6) is 0 Å². The van der Waals surface area contributed by atoms with Crippen LogP contribution in [-0.4, -0.2) is 25.0 Å². The Morgan fingerprint density at radius 2 is 1.79 bits per heavy atom. The van der Waals surface area contributed by atoms with Crippen molar-refractivity contribution in [2.75, 3.05) is 18.5 Å². The molecule has 6 heteroatoms. The number of rotatable bonds is 8. The minimum atomic E-state index is -0.365. The summed E-state index contributed by atoms with van der Waals surface area (Å²) in [5, 5.41) is 6.97. The lowest BCUT2D eigenvalue weighted by molar-refractivity contribution is -0.675. The van der Waals surface area contributed by atoms with E-state index in [1.54, 1.807) is 42.5 Å². The number of hydrogen-bond donors (Lipinski definition) is 2. The van der Waals surface area contributed by atoms with Crippen molar-refractivity contribution in [1.29, 1.82) is 0 Å². The van der Waals surface area contributed by atoms with Gasteiger partial charge in [0.25, 0.3) is 5.91 Å². The summed E-state index contributed by atoms with van der Waals surface area (Å²) in [6.45, 7) is 4.45. The van der Waals surface area contributed by atoms with Gasteiger partial charge in [0.05, 0.1) is 17.0 Å². The molecule has 0 radical (unpaired) electrons. The quantitative estimate of drug-likeness (QED) is 0.559. The highest BCUT2D eigenvalue weighted by atomic mass is 32.1. The van der Waals surface area contributed by atoms with E-state index in [0.29, 0.717) is 17.9 Å². The van der Waals surface area contributed by atoms with Gasteiger partial charge in [0.1, 0.15) is 6.04 Å². The van der Waals surface area contributed by atoms with E-state index >= 15 is 0 Å². The summed E-state index contributed by atoms with van der Waals surface area (Å²) in [5.74, 6) is -0.460. The van der Waals surface area contributed by atoms with Crippen LogP contribution in [0.1, 0.15) is 39.3 Å². The van der Waals surface area contributed by atoms with Gasteiger partial charge < -0.3 is 15.4 Å². The van der Waals surface area contributed by atoms with Crippen molar-refractivity contribution in [3.63, 3.8) is 0 Å². The molecule has 5 nitrogen and oxygen atoms in total. The zero-order valence-corrected chi connectivity index (χ0v) is 17.4. The van der Waals surface area contributed by atoms with Crippen molar-refractivity contribution in [2.24, 2.45) is 0 Å². The molecule has 0 saturated carbocycles. The van der Waals surface area contributed by atoms with Crippen LogP contribution < -0.4 is 10.6 Å². The summed E-state index contributed by atoms with van der Waals surface area (Å²) >= 11 is 1.69. The molecular weight excluding hydrogens is 384 g/mol. The fourth-order valence-corrected chi connectivity index (χ4v) is 3.85. The normalized spacial score (nSPS) is 11.7. The zero-order valence-electron chi connectivity index (χ0n) is 16.6. The first-order valence-corrected chi connectivity index (χ1v) is 10.4. The number of amides is 1. The van der Waals surface area contributed by atoms with E-state index in [1.165, 1.54) is 16.0 Å². The Morgan fingerprint density at radius 3 is 2.41 bits per heavy atom. The Balaban J connectivity index is 1.61. The maximum absolute atomic E-state index is 12.5. The van der Waals surface area contributed by atoms with Crippen molar-refractivity contribution >= 4 is 28.9 Å². The SMILES string of the molecule is CCOC(=O)c1ccc(NC(=O)C[NH2+][C@@H](c2ccc(C)cc2)c2cccs2)cc1. The standard InChI is InChI=1S/C23H24N2O3S/c1-3-28-23(27)18-10-12-19(13-11-18)25-21(26)15-24-22(20-5-4-14-29-20)17-8-6-16(2)7-9-17/h4-14,22,24H,3,15H2,1-2H3,(H,25,26)/p+1/t22-/m0/s1. The second-order valence-electron chi connectivity index (χ2n) is 6.69. The first-order valence-electron chi connectivity index (χ1n) is 9.57. The third-order valence-electron chi connectivity index (χ3n) is 4.50. The molecule has 0 aliphatic carbocycles. The number of quaternary nitrogens is 1. The van der Waals surface area contributed by atoms with E-state index in [-0.39, 0.29) is 24.5 Å². The van der Waals surface area contributed by atoms with Crippen LogP contribution in [0, 0.1) is 6.92 Å². The van der Waals surface area contributed by atoms with E-state index in [9.17, 15) is 9.59 Å². The molecule has 0 spiro atoms. The van der Waals surface area contributed by atoms with Gasteiger partial charge in [-0.25, -0.2) is 4.79 Å². The van der Waals surface area contributed by atoms with Gasteiger partial charge >= 0.3 is 5.97 Å². The fraction of sp³-hybridized carbons (Fsp3) is 0.217. The van der Waals surface area contributed by atoms with Crippen molar-refractivity contribution < 1.29 is 19.6 Å². The molecule has 3 N–H and O–H groups in total. The fourth-order valence-electron chi connectivity index (χ4n) is 3.00. The van der Waals surface area contributed by atoms with Gasteiger partial charge in [-0.2, -0.15) is 0 Å². The molecule has 3 aromatic rings. The highest BCUT2D eigenvalue weighted by Gasteiger charge is 2.20. The average Bonchev–Trinajstić information content (AvgIpc) is 3.25. The molecule has 2 aromatic carbocycles. The Hall–Kier alpha value is -2.96. The van der Waals surface area contributed by atoms with Crippen LogP contribution in [0.3, 0.4) is 0 Å². The Kier molecular flexibility index (Phi) is 7.16. The van der Waals surface area contributed by atoms with Gasteiger partial charge in [-0.15, -0.1) is 11.3 Å². The topological polar surface area (TPSA) is 72.0 Å². The number of carbonyl (C=O) groups excluding carboxylic acids is 2.